The van der Waals surface area contributed by atoms with E-state index in [4.69, 9.17) is 5.41 Å². The fourth-order valence-corrected chi connectivity index (χ4v) is 0.346. The summed E-state index contributed by atoms with van der Waals surface area (Å²) in [7, 11) is 1.43. The van der Waals surface area contributed by atoms with Crippen molar-refractivity contribution in [1.29, 1.82) is 5.41 Å². The molecule has 0 heterocycles. The second kappa shape index (κ2) is 3.85. The molecule has 0 aliphatic rings. The van der Waals surface area contributed by atoms with Gasteiger partial charge in [-0.2, -0.15) is 13.2 Å². The summed E-state index contributed by atoms with van der Waals surface area (Å²) in [5, 5.41) is 10.1. The van der Waals surface area contributed by atoms with Crippen LogP contribution in [0.4, 0.5) is 13.2 Å². The lowest BCUT2D eigenvalue weighted by Gasteiger charge is -2.05. The molecule has 0 spiro atoms. The number of nitrogens with one attached hydrogen (secondary N) is 3. The van der Waals surface area contributed by atoms with E-state index < -0.39 is 6.30 Å². The van der Waals surface area contributed by atoms with Gasteiger partial charge in [0.05, 0.1) is 5.70 Å². The van der Waals surface area contributed by atoms with Crippen molar-refractivity contribution in [1.82, 2.24) is 10.6 Å². The standard InChI is InChI=1S/C5H8F3N3/c1-10-4(2-9)3-11-5(6,7)8/h2-3,9-11H,1H3/b4-3+,9-2?. The number of hydrogen-bond acceptors (Lipinski definition) is 3. The van der Waals surface area contributed by atoms with E-state index in [1.807, 2.05) is 0 Å². The fraction of sp³-hybridized carbons (Fsp3) is 0.400. The predicted octanol–water partition coefficient (Wildman–Crippen LogP) is 0.806. The quantitative estimate of drug-likeness (QED) is 0.430. The summed E-state index contributed by atoms with van der Waals surface area (Å²) in [5.41, 5.74) is 0.0577. The van der Waals surface area contributed by atoms with Crippen molar-refractivity contribution >= 4 is 6.21 Å². The minimum absolute atomic E-state index is 0.0577. The van der Waals surface area contributed by atoms with Gasteiger partial charge in [0.1, 0.15) is 0 Å². The van der Waals surface area contributed by atoms with E-state index in [-0.39, 0.29) is 5.70 Å². The van der Waals surface area contributed by atoms with Crippen LogP contribution < -0.4 is 10.6 Å². The lowest BCUT2D eigenvalue weighted by molar-refractivity contribution is -0.146. The molecule has 0 rings (SSSR count). The van der Waals surface area contributed by atoms with Gasteiger partial charge in [0.15, 0.2) is 0 Å². The maximum absolute atomic E-state index is 11.4. The van der Waals surface area contributed by atoms with Crippen molar-refractivity contribution in [3.8, 4) is 0 Å². The second-order valence-corrected chi connectivity index (χ2v) is 1.64. The molecule has 3 nitrogen and oxygen atoms in total. The molecule has 0 saturated heterocycles. The highest BCUT2D eigenvalue weighted by Gasteiger charge is 2.24. The number of alkyl halides is 3. The fourth-order valence-electron chi connectivity index (χ4n) is 0.346. The van der Waals surface area contributed by atoms with E-state index in [2.05, 4.69) is 5.32 Å². The summed E-state index contributed by atoms with van der Waals surface area (Å²) >= 11 is 0. The smallest absolute Gasteiger partial charge is 0.386 e. The lowest BCUT2D eigenvalue weighted by atomic mass is 10.5. The second-order valence-electron chi connectivity index (χ2n) is 1.64. The Morgan fingerprint density at radius 1 is 1.45 bits per heavy atom. The van der Waals surface area contributed by atoms with Gasteiger partial charge in [-0.1, -0.05) is 0 Å². The van der Waals surface area contributed by atoms with E-state index >= 15 is 0 Å². The molecule has 3 N–H and O–H groups in total. The molecule has 0 amide bonds. The van der Waals surface area contributed by atoms with Gasteiger partial charge < -0.3 is 16.0 Å². The summed E-state index contributed by atoms with van der Waals surface area (Å²) in [5.74, 6) is 0. The largest absolute Gasteiger partial charge is 0.481 e. The van der Waals surface area contributed by atoms with Crippen LogP contribution in [0.25, 0.3) is 0 Å². The predicted molar refractivity (Wildman–Crippen MR) is 35.1 cm³/mol. The zero-order chi connectivity index (χ0) is 8.91. The molecule has 11 heavy (non-hydrogen) atoms. The van der Waals surface area contributed by atoms with Gasteiger partial charge in [0.25, 0.3) is 0 Å². The Bertz CT molecular complexity index is 161. The maximum Gasteiger partial charge on any atom is 0.481 e. The molecule has 0 aliphatic heterocycles. The third-order valence-electron chi connectivity index (χ3n) is 0.836. The molecule has 0 saturated carbocycles. The van der Waals surface area contributed by atoms with Gasteiger partial charge >= 0.3 is 6.30 Å². The zero-order valence-electron chi connectivity index (χ0n) is 5.79. The van der Waals surface area contributed by atoms with Crippen LogP contribution in [0.15, 0.2) is 11.9 Å². The summed E-state index contributed by atoms with van der Waals surface area (Å²) in [6.07, 6.45) is -2.99. The molecule has 64 valence electrons. The molecule has 0 aliphatic carbocycles. The van der Waals surface area contributed by atoms with Crippen molar-refractivity contribution in [2.24, 2.45) is 0 Å². The number of rotatable bonds is 3. The van der Waals surface area contributed by atoms with Crippen LogP contribution in [0.3, 0.4) is 0 Å². The SMILES string of the molecule is CN/C(C=N)=C/NC(F)(F)F. The Kier molecular flexibility index (Phi) is 3.43. The Labute approximate surface area is 61.8 Å². The van der Waals surface area contributed by atoms with Crippen LogP contribution in [0, 0.1) is 5.41 Å². The molecule has 0 radical (unpaired) electrons. The Morgan fingerprint density at radius 2 is 2.00 bits per heavy atom. The van der Waals surface area contributed by atoms with Gasteiger partial charge in [-0.25, -0.2) is 0 Å². The van der Waals surface area contributed by atoms with E-state index in [1.165, 1.54) is 7.05 Å². The molecule has 0 unspecified atom stereocenters. The molecular weight excluding hydrogens is 159 g/mol. The maximum atomic E-state index is 11.4. The summed E-state index contributed by atoms with van der Waals surface area (Å²) in [6, 6.07) is 0. The van der Waals surface area contributed by atoms with Crippen LogP contribution >= 0.6 is 0 Å². The van der Waals surface area contributed by atoms with Crippen molar-refractivity contribution in [2.75, 3.05) is 7.05 Å². The van der Waals surface area contributed by atoms with E-state index in [0.29, 0.717) is 6.20 Å². The molecular formula is C5H8F3N3. The average Bonchev–Trinajstić information content (AvgIpc) is 1.88. The van der Waals surface area contributed by atoms with Gasteiger partial charge in [-0.3, -0.25) is 0 Å². The lowest BCUT2D eigenvalue weighted by Crippen LogP contribution is -2.28. The first kappa shape index (κ1) is 9.80. The number of allylic oxidation sites excluding steroid dienone is 1. The van der Waals surface area contributed by atoms with Crippen LogP contribution in [-0.2, 0) is 0 Å². The number of hydrogen-bond donors (Lipinski definition) is 3. The Morgan fingerprint density at radius 3 is 2.27 bits per heavy atom. The van der Waals surface area contributed by atoms with Crippen LogP contribution in [-0.4, -0.2) is 19.6 Å². The minimum Gasteiger partial charge on any atom is -0.386 e. The highest BCUT2D eigenvalue weighted by atomic mass is 19.4. The summed E-state index contributed by atoms with van der Waals surface area (Å²) in [6.45, 7) is 0. The molecule has 6 heteroatoms. The highest BCUT2D eigenvalue weighted by Crippen LogP contribution is 2.08. The van der Waals surface area contributed by atoms with Crippen molar-refractivity contribution < 1.29 is 13.2 Å². The molecule has 0 aromatic heterocycles. The van der Waals surface area contributed by atoms with E-state index in [0.717, 1.165) is 11.5 Å². The average molecular weight is 167 g/mol. The molecule has 0 bridgehead atoms. The first-order chi connectivity index (χ1) is 4.99. The Hall–Kier alpha value is -1.20. The minimum atomic E-state index is -4.44. The van der Waals surface area contributed by atoms with E-state index in [1.54, 1.807) is 0 Å². The molecule has 0 atom stereocenters. The zero-order valence-corrected chi connectivity index (χ0v) is 5.79. The molecule has 0 aromatic rings. The normalized spacial score (nSPS) is 12.5. The third-order valence-corrected chi connectivity index (χ3v) is 0.836. The third kappa shape index (κ3) is 5.25. The van der Waals surface area contributed by atoms with Crippen LogP contribution in [0.5, 0.6) is 0 Å². The van der Waals surface area contributed by atoms with Crippen LogP contribution in [0.1, 0.15) is 0 Å². The first-order valence-electron chi connectivity index (χ1n) is 2.72. The topological polar surface area (TPSA) is 47.9 Å². The van der Waals surface area contributed by atoms with E-state index in [9.17, 15) is 13.2 Å². The van der Waals surface area contributed by atoms with Gasteiger partial charge in [-0.05, 0) is 0 Å². The van der Waals surface area contributed by atoms with Gasteiger partial charge in [0.2, 0.25) is 0 Å². The van der Waals surface area contributed by atoms with Crippen molar-refractivity contribution in [2.45, 2.75) is 6.30 Å². The first-order valence-corrected chi connectivity index (χ1v) is 2.72. The highest BCUT2D eigenvalue weighted by molar-refractivity contribution is 5.74. The summed E-state index contributed by atoms with van der Waals surface area (Å²) in [4.78, 5) is 0. The Balaban J connectivity index is 3.99. The molecule has 0 fully saturated rings. The molecule has 0 aromatic carbocycles. The van der Waals surface area contributed by atoms with Gasteiger partial charge in [0, 0.05) is 19.5 Å². The summed E-state index contributed by atoms with van der Waals surface area (Å²) < 4.78 is 34.3. The van der Waals surface area contributed by atoms with Crippen molar-refractivity contribution in [3.05, 3.63) is 11.9 Å². The monoisotopic (exact) mass is 167 g/mol. The van der Waals surface area contributed by atoms with Crippen LogP contribution in [0.2, 0.25) is 0 Å². The van der Waals surface area contributed by atoms with Gasteiger partial charge in [-0.15, -0.1) is 0 Å². The van der Waals surface area contributed by atoms with Crippen molar-refractivity contribution in [3.63, 3.8) is 0 Å². The number of halogens is 3.